The maximum absolute atomic E-state index is 2.50. The van der Waals surface area contributed by atoms with Gasteiger partial charge in [-0.15, -0.1) is 0 Å². The van der Waals surface area contributed by atoms with Gasteiger partial charge < -0.3 is 0 Å². The van der Waals surface area contributed by atoms with E-state index in [1.165, 1.54) is 89.3 Å². The monoisotopic (exact) mass is 462 g/mol. The van der Waals surface area contributed by atoms with Crippen molar-refractivity contribution >= 4 is 7.92 Å². The van der Waals surface area contributed by atoms with E-state index in [0.717, 1.165) is 10.3 Å². The van der Waals surface area contributed by atoms with Gasteiger partial charge in [-0.2, -0.15) is 0 Å². The van der Waals surface area contributed by atoms with Crippen LogP contribution in [0.4, 0.5) is 0 Å². The molecule has 0 aromatic carbocycles. The van der Waals surface area contributed by atoms with Crippen LogP contribution < -0.4 is 0 Å². The second-order valence-electron chi connectivity index (χ2n) is 16.3. The third-order valence-electron chi connectivity index (χ3n) is 15.8. The summed E-state index contributed by atoms with van der Waals surface area (Å²) in [7, 11) is 0.244. The summed E-state index contributed by atoms with van der Waals surface area (Å²) < 4.78 is 0. The molecule has 14 saturated carbocycles. The molecule has 180 valence electrons. The van der Waals surface area contributed by atoms with Gasteiger partial charge in [-0.25, -0.2) is 0 Å². The number of hydrogen-bond acceptors (Lipinski definition) is 0. The highest BCUT2D eigenvalue weighted by atomic mass is 31.1. The summed E-state index contributed by atoms with van der Waals surface area (Å²) in [5, 5.41) is 1.75. The van der Waals surface area contributed by atoms with Crippen LogP contribution in [0.2, 0.25) is 0 Å². The lowest BCUT2D eigenvalue weighted by Gasteiger charge is -2.78. The van der Waals surface area contributed by atoms with Crippen molar-refractivity contribution in [1.29, 1.82) is 0 Å². The number of rotatable bonds is 5. The van der Waals surface area contributed by atoms with E-state index in [0.29, 0.717) is 0 Å². The van der Waals surface area contributed by atoms with Crippen LogP contribution in [0.25, 0.3) is 0 Å². The quantitative estimate of drug-likeness (QED) is 0.361. The second-order valence-corrected chi connectivity index (χ2v) is 19.5. The van der Waals surface area contributed by atoms with E-state index in [1.54, 1.807) is 89.6 Å². The molecule has 14 aliphatic rings. The summed E-state index contributed by atoms with van der Waals surface area (Å²) in [6.45, 7) is 2.50. The zero-order chi connectivity index (χ0) is 21.3. The largest absolute Gasteiger partial charge is 0.0939 e. The molecular formula is C32H47P. The summed E-state index contributed by atoms with van der Waals surface area (Å²) in [6.07, 6.45) is 25.4. The Balaban J connectivity index is 1.06. The van der Waals surface area contributed by atoms with E-state index in [1.807, 2.05) is 0 Å². The summed E-state index contributed by atoms with van der Waals surface area (Å²) in [4.78, 5) is 0. The molecule has 16 bridgehead atoms. The fraction of sp³-hybridized carbons (Fsp3) is 1.00. The van der Waals surface area contributed by atoms with Crippen molar-refractivity contribution < 1.29 is 0 Å². The number of unbranched alkanes of at least 4 members (excludes halogenated alkanes) is 1. The SMILES string of the molecule is CCCCP(C12CC3C4CC5CC3C(C1)C(C5)C4C2)C12CC3C4CC5CC3C(C1)C(C5)C4C2. The highest BCUT2D eigenvalue weighted by molar-refractivity contribution is 7.61. The van der Waals surface area contributed by atoms with Gasteiger partial charge in [-0.05, 0) is 183 Å². The first-order valence-electron chi connectivity index (χ1n) is 15.9. The van der Waals surface area contributed by atoms with Crippen molar-refractivity contribution in [2.75, 3.05) is 6.16 Å². The Bertz CT molecular complexity index is 698. The molecule has 0 unspecified atom stereocenters. The normalized spacial score (nSPS) is 69.0. The Morgan fingerprint density at radius 1 is 0.485 bits per heavy atom. The van der Waals surface area contributed by atoms with Gasteiger partial charge >= 0.3 is 0 Å². The first-order chi connectivity index (χ1) is 16.2. The smallest absolute Gasteiger partial charge is 0.00809 e. The minimum absolute atomic E-state index is 0.244. The molecule has 0 heterocycles. The first kappa shape index (κ1) is 19.5. The van der Waals surface area contributed by atoms with E-state index in [4.69, 9.17) is 0 Å². The van der Waals surface area contributed by atoms with Gasteiger partial charge in [-0.1, -0.05) is 21.3 Å². The Morgan fingerprint density at radius 2 is 0.788 bits per heavy atom. The van der Waals surface area contributed by atoms with Gasteiger partial charge in [-0.3, -0.25) is 0 Å². The molecule has 0 atom stereocenters. The van der Waals surface area contributed by atoms with Crippen molar-refractivity contribution in [1.82, 2.24) is 0 Å². The van der Waals surface area contributed by atoms with Crippen LogP contribution in [0.15, 0.2) is 0 Å². The molecule has 14 aliphatic carbocycles. The van der Waals surface area contributed by atoms with Gasteiger partial charge in [0.1, 0.15) is 0 Å². The van der Waals surface area contributed by atoms with E-state index in [2.05, 4.69) is 6.92 Å². The van der Waals surface area contributed by atoms with Crippen molar-refractivity contribution in [3.63, 3.8) is 0 Å². The molecular weight excluding hydrogens is 415 g/mol. The minimum Gasteiger partial charge on any atom is -0.0939 e. The van der Waals surface area contributed by atoms with Gasteiger partial charge in [0.15, 0.2) is 0 Å². The molecule has 33 heavy (non-hydrogen) atoms. The maximum Gasteiger partial charge on any atom is -0.00809 e. The van der Waals surface area contributed by atoms with Crippen LogP contribution in [0.5, 0.6) is 0 Å². The molecule has 0 aromatic rings. The molecule has 0 radical (unpaired) electrons. The van der Waals surface area contributed by atoms with E-state index in [9.17, 15) is 0 Å². The molecule has 0 aromatic heterocycles. The molecule has 0 aliphatic heterocycles. The van der Waals surface area contributed by atoms with Crippen molar-refractivity contribution in [3.8, 4) is 0 Å². The summed E-state index contributed by atoms with van der Waals surface area (Å²) in [6, 6.07) is 0. The fourth-order valence-electron chi connectivity index (χ4n) is 15.7. The molecule has 0 spiro atoms. The molecule has 14 fully saturated rings. The third-order valence-corrected chi connectivity index (χ3v) is 20.0. The summed E-state index contributed by atoms with van der Waals surface area (Å²) >= 11 is 0. The topological polar surface area (TPSA) is 0 Å². The summed E-state index contributed by atoms with van der Waals surface area (Å²) in [5.74, 6) is 16.9. The predicted molar refractivity (Wildman–Crippen MR) is 136 cm³/mol. The molecule has 0 nitrogen and oxygen atoms in total. The molecule has 0 saturated heterocycles. The van der Waals surface area contributed by atoms with E-state index in [-0.39, 0.29) is 7.92 Å². The Kier molecular flexibility index (Phi) is 3.61. The van der Waals surface area contributed by atoms with Crippen molar-refractivity contribution in [3.05, 3.63) is 0 Å². The Hall–Kier alpha value is 0.430. The molecule has 14 rings (SSSR count). The number of hydrogen-bond donors (Lipinski definition) is 0. The zero-order valence-electron chi connectivity index (χ0n) is 21.1. The summed E-state index contributed by atoms with van der Waals surface area (Å²) in [5.41, 5.74) is 0. The Labute approximate surface area is 203 Å². The molecule has 0 N–H and O–H groups in total. The highest BCUT2D eigenvalue weighted by Gasteiger charge is 2.73. The van der Waals surface area contributed by atoms with E-state index >= 15 is 0 Å². The lowest BCUT2D eigenvalue weighted by Crippen LogP contribution is -2.70. The average Bonchev–Trinajstić information content (AvgIpc) is 2.84. The minimum atomic E-state index is 0.244. The van der Waals surface area contributed by atoms with Crippen LogP contribution in [0.3, 0.4) is 0 Å². The van der Waals surface area contributed by atoms with Crippen LogP contribution in [-0.4, -0.2) is 16.5 Å². The molecule has 0 amide bonds. The van der Waals surface area contributed by atoms with Crippen LogP contribution in [0.1, 0.15) is 96.8 Å². The van der Waals surface area contributed by atoms with Gasteiger partial charge in [0.2, 0.25) is 0 Å². The first-order valence-corrected chi connectivity index (χ1v) is 17.5. The van der Waals surface area contributed by atoms with Gasteiger partial charge in [0, 0.05) is 0 Å². The standard InChI is InChI=1S/C32H47P/c1-2-3-4-33(31-11-25-19-5-17-6-20(25)27(13-31)21(7-17)26(19)12-31)32-14-28-22-8-18-9-23(28)30(16-32)24(10-18)29(22)15-32/h17-30H,2-16H2,1H3. The third kappa shape index (κ3) is 2.14. The van der Waals surface area contributed by atoms with Crippen LogP contribution in [-0.2, 0) is 0 Å². The fourth-order valence-corrected chi connectivity index (χ4v) is 20.9. The maximum atomic E-state index is 2.50. The van der Waals surface area contributed by atoms with E-state index < -0.39 is 0 Å². The lowest BCUT2D eigenvalue weighted by molar-refractivity contribution is -0.202. The van der Waals surface area contributed by atoms with Crippen LogP contribution in [0, 0.1) is 82.9 Å². The lowest BCUT2D eigenvalue weighted by atomic mass is 9.35. The van der Waals surface area contributed by atoms with Crippen molar-refractivity contribution in [2.45, 2.75) is 107 Å². The van der Waals surface area contributed by atoms with Crippen LogP contribution >= 0.6 is 7.92 Å². The second kappa shape index (κ2) is 6.11. The highest BCUT2D eigenvalue weighted by Crippen LogP contribution is 2.85. The van der Waals surface area contributed by atoms with Gasteiger partial charge in [0.05, 0.1) is 0 Å². The van der Waals surface area contributed by atoms with Crippen molar-refractivity contribution in [2.24, 2.45) is 82.9 Å². The van der Waals surface area contributed by atoms with Gasteiger partial charge in [0.25, 0.3) is 0 Å². The molecule has 1 heteroatoms. The Morgan fingerprint density at radius 3 is 1.06 bits per heavy atom. The average molecular weight is 463 g/mol. The predicted octanol–water partition coefficient (Wildman–Crippen LogP) is 8.19. The zero-order valence-corrected chi connectivity index (χ0v) is 22.0.